The van der Waals surface area contributed by atoms with E-state index in [4.69, 9.17) is 0 Å². The molecule has 2 aliphatic rings. The number of hydrogen-bond acceptors (Lipinski definition) is 4. The number of aryl methyl sites for hydroxylation is 1. The molecule has 2 N–H and O–H groups in total. The van der Waals surface area contributed by atoms with E-state index in [1.165, 1.54) is 4.68 Å². The summed E-state index contributed by atoms with van der Waals surface area (Å²) in [5.74, 6) is 0.276. The van der Waals surface area contributed by atoms with Gasteiger partial charge in [-0.1, -0.05) is 12.5 Å². The lowest BCUT2D eigenvalue weighted by molar-refractivity contribution is -0.117. The highest BCUT2D eigenvalue weighted by atomic mass is 16.2. The fraction of sp³-hybridized carbons (Fsp3) is 0.412. The third-order valence-electron chi connectivity index (χ3n) is 4.65. The minimum absolute atomic E-state index is 0.137. The van der Waals surface area contributed by atoms with Crippen LogP contribution in [0.2, 0.25) is 0 Å². The fourth-order valence-corrected chi connectivity index (χ4v) is 3.36. The van der Waals surface area contributed by atoms with Crippen molar-refractivity contribution in [1.29, 1.82) is 0 Å². The molecule has 0 saturated heterocycles. The van der Waals surface area contributed by atoms with Gasteiger partial charge in [0.25, 0.3) is 5.91 Å². The highest BCUT2D eigenvalue weighted by Gasteiger charge is 2.20. The van der Waals surface area contributed by atoms with Crippen LogP contribution in [0.3, 0.4) is 0 Å². The first-order valence-electron chi connectivity index (χ1n) is 8.49. The predicted octanol–water partition coefficient (Wildman–Crippen LogP) is 0.653. The van der Waals surface area contributed by atoms with Gasteiger partial charge in [-0.3, -0.25) is 14.2 Å². The maximum atomic E-state index is 12.4. The molecule has 0 spiro atoms. The molecule has 0 atom stereocenters. The fourth-order valence-electron chi connectivity index (χ4n) is 3.36. The number of hydrogen-bond donors (Lipinski definition) is 2. The van der Waals surface area contributed by atoms with Crippen molar-refractivity contribution in [3.8, 4) is 0 Å². The molecule has 2 aliphatic heterocycles. The van der Waals surface area contributed by atoms with Gasteiger partial charge < -0.3 is 10.6 Å². The molecule has 0 radical (unpaired) electrons. The van der Waals surface area contributed by atoms with Gasteiger partial charge in [0.05, 0.1) is 0 Å². The lowest BCUT2D eigenvalue weighted by Crippen LogP contribution is -2.30. The number of benzene rings is 1. The van der Waals surface area contributed by atoms with Crippen LogP contribution in [-0.4, -0.2) is 26.2 Å². The maximum Gasteiger partial charge on any atom is 0.346 e. The van der Waals surface area contributed by atoms with Gasteiger partial charge in [-0.05, 0) is 30.5 Å². The molecule has 0 unspecified atom stereocenters. The van der Waals surface area contributed by atoms with E-state index in [0.717, 1.165) is 37.1 Å². The summed E-state index contributed by atoms with van der Waals surface area (Å²) in [6.45, 7) is 1.04. The van der Waals surface area contributed by atoms with Gasteiger partial charge in [-0.2, -0.15) is 5.10 Å². The first kappa shape index (κ1) is 15.6. The van der Waals surface area contributed by atoms with Gasteiger partial charge in [0.2, 0.25) is 5.91 Å². The average molecular weight is 341 g/mol. The number of aromatic nitrogens is 3. The summed E-state index contributed by atoms with van der Waals surface area (Å²) in [6.07, 6.45) is 3.83. The zero-order valence-electron chi connectivity index (χ0n) is 13.7. The summed E-state index contributed by atoms with van der Waals surface area (Å²) in [7, 11) is 0. The molecular weight excluding hydrogens is 322 g/mol. The third-order valence-corrected chi connectivity index (χ3v) is 4.65. The average Bonchev–Trinajstić information content (AvgIpc) is 2.99. The van der Waals surface area contributed by atoms with Gasteiger partial charge in [0.1, 0.15) is 12.4 Å². The Bertz CT molecular complexity index is 911. The smallest absolute Gasteiger partial charge is 0.346 e. The van der Waals surface area contributed by atoms with E-state index in [1.807, 2.05) is 6.07 Å². The summed E-state index contributed by atoms with van der Waals surface area (Å²) < 4.78 is 2.88. The minimum atomic E-state index is -0.339. The zero-order valence-corrected chi connectivity index (χ0v) is 13.7. The second kappa shape index (κ2) is 6.19. The topological polar surface area (TPSA) is 98.0 Å². The van der Waals surface area contributed by atoms with Crippen molar-refractivity contribution in [3.05, 3.63) is 45.6 Å². The van der Waals surface area contributed by atoms with Crippen LogP contribution < -0.4 is 16.3 Å². The number of anilines is 1. The number of carbonyl (C=O) groups is 2. The van der Waals surface area contributed by atoms with Gasteiger partial charge in [0.15, 0.2) is 0 Å². The van der Waals surface area contributed by atoms with Crippen molar-refractivity contribution in [1.82, 2.24) is 19.7 Å². The van der Waals surface area contributed by atoms with E-state index in [-0.39, 0.29) is 24.0 Å². The summed E-state index contributed by atoms with van der Waals surface area (Å²) in [5, 5.41) is 9.77. The molecule has 8 heteroatoms. The monoisotopic (exact) mass is 341 g/mol. The second-order valence-corrected chi connectivity index (χ2v) is 6.42. The molecule has 0 bridgehead atoms. The lowest BCUT2D eigenvalue weighted by atomic mass is 10.1. The van der Waals surface area contributed by atoms with Crippen molar-refractivity contribution < 1.29 is 9.59 Å². The highest BCUT2D eigenvalue weighted by Crippen LogP contribution is 2.20. The first-order chi connectivity index (χ1) is 12.1. The van der Waals surface area contributed by atoms with Gasteiger partial charge in [0, 0.05) is 30.8 Å². The van der Waals surface area contributed by atoms with Gasteiger partial charge >= 0.3 is 5.69 Å². The van der Waals surface area contributed by atoms with Crippen molar-refractivity contribution in [3.63, 3.8) is 0 Å². The molecule has 8 nitrogen and oxygen atoms in total. The first-order valence-corrected chi connectivity index (χ1v) is 8.49. The van der Waals surface area contributed by atoms with Crippen molar-refractivity contribution >= 4 is 17.5 Å². The molecule has 1 aromatic heterocycles. The molecule has 25 heavy (non-hydrogen) atoms. The Hall–Kier alpha value is -2.90. The van der Waals surface area contributed by atoms with E-state index >= 15 is 0 Å². The van der Waals surface area contributed by atoms with Crippen molar-refractivity contribution in [2.75, 3.05) is 5.32 Å². The molecular formula is C17H19N5O3. The highest BCUT2D eigenvalue weighted by molar-refractivity contribution is 6.00. The third kappa shape index (κ3) is 2.95. The standard InChI is InChI=1S/C17H19N5O3/c23-15(19-12-6-5-11-9-18-16(24)13(11)8-12)10-22-17(25)21-7-3-1-2-4-14(21)20-22/h5-6,8H,1-4,7,9-10H2,(H,18,24)(H,19,23). The Kier molecular flexibility index (Phi) is 3.87. The van der Waals surface area contributed by atoms with Crippen LogP contribution in [-0.2, 0) is 30.8 Å². The Morgan fingerprint density at radius 2 is 2.12 bits per heavy atom. The number of carbonyl (C=O) groups excluding carboxylic acids is 2. The Balaban J connectivity index is 1.49. The SMILES string of the molecule is O=C(Cn1nc2n(c1=O)CCCCC2)Nc1ccc2c(c1)C(=O)NC2. The molecule has 2 amide bonds. The number of nitrogens with zero attached hydrogens (tertiary/aromatic N) is 3. The van der Waals surface area contributed by atoms with Crippen molar-refractivity contribution in [2.45, 2.75) is 45.3 Å². The largest absolute Gasteiger partial charge is 0.348 e. The molecule has 0 saturated carbocycles. The number of rotatable bonds is 3. The van der Waals surface area contributed by atoms with E-state index in [2.05, 4.69) is 15.7 Å². The minimum Gasteiger partial charge on any atom is -0.348 e. The summed E-state index contributed by atoms with van der Waals surface area (Å²) in [6, 6.07) is 5.22. The Morgan fingerprint density at radius 3 is 3.00 bits per heavy atom. The number of nitrogens with one attached hydrogen (secondary N) is 2. The quantitative estimate of drug-likeness (QED) is 0.856. The van der Waals surface area contributed by atoms with Gasteiger partial charge in [-0.25, -0.2) is 9.48 Å². The van der Waals surface area contributed by atoms with Crippen LogP contribution in [0.1, 0.15) is 41.0 Å². The molecule has 130 valence electrons. The van der Waals surface area contributed by atoms with Crippen molar-refractivity contribution in [2.24, 2.45) is 0 Å². The van der Waals surface area contributed by atoms with Crippen LogP contribution in [0.5, 0.6) is 0 Å². The number of fused-ring (bicyclic) bond motifs is 2. The molecule has 3 heterocycles. The summed E-state index contributed by atoms with van der Waals surface area (Å²) >= 11 is 0. The molecule has 0 aliphatic carbocycles. The molecule has 0 fully saturated rings. The lowest BCUT2D eigenvalue weighted by Gasteiger charge is -2.06. The number of amides is 2. The van der Waals surface area contributed by atoms with E-state index in [0.29, 0.717) is 24.3 Å². The summed E-state index contributed by atoms with van der Waals surface area (Å²) in [4.78, 5) is 36.4. The molecule has 1 aromatic carbocycles. The Labute approximate surface area is 143 Å². The zero-order chi connectivity index (χ0) is 17.4. The van der Waals surface area contributed by atoms with Crippen LogP contribution in [0.25, 0.3) is 0 Å². The van der Waals surface area contributed by atoms with Gasteiger partial charge in [-0.15, -0.1) is 0 Å². The maximum absolute atomic E-state index is 12.4. The van der Waals surface area contributed by atoms with E-state index < -0.39 is 0 Å². The van der Waals surface area contributed by atoms with Crippen LogP contribution >= 0.6 is 0 Å². The van der Waals surface area contributed by atoms with E-state index in [1.54, 1.807) is 16.7 Å². The second-order valence-electron chi connectivity index (χ2n) is 6.42. The van der Waals surface area contributed by atoms with E-state index in [9.17, 15) is 14.4 Å². The molecule has 4 rings (SSSR count). The normalized spacial score (nSPS) is 15.9. The van der Waals surface area contributed by atoms with Crippen LogP contribution in [0, 0.1) is 0 Å². The predicted molar refractivity (Wildman–Crippen MR) is 90.3 cm³/mol. The molecule has 2 aromatic rings. The van der Waals surface area contributed by atoms with Crippen LogP contribution in [0.15, 0.2) is 23.0 Å². The summed E-state index contributed by atoms with van der Waals surface area (Å²) in [5.41, 5.74) is 1.79. The van der Waals surface area contributed by atoms with Crippen LogP contribution in [0.4, 0.5) is 5.69 Å². The Morgan fingerprint density at radius 1 is 1.24 bits per heavy atom.